The SMILES string of the molecule is CCC(C)(C)NC(=O)CNc1c(Cl)cccc1C(F)(F)F. The van der Waals surface area contributed by atoms with Gasteiger partial charge in [-0.15, -0.1) is 0 Å². The lowest BCUT2D eigenvalue weighted by atomic mass is 10.0. The van der Waals surface area contributed by atoms with Crippen LogP contribution in [0.25, 0.3) is 0 Å². The molecule has 0 aromatic heterocycles. The molecule has 0 unspecified atom stereocenters. The number of amides is 1. The molecule has 0 fully saturated rings. The molecule has 0 bridgehead atoms. The van der Waals surface area contributed by atoms with Gasteiger partial charge in [0.15, 0.2) is 0 Å². The molecule has 21 heavy (non-hydrogen) atoms. The first kappa shape index (κ1) is 17.6. The molecular weight excluding hydrogens is 305 g/mol. The molecule has 0 aliphatic carbocycles. The second kappa shape index (κ2) is 6.56. The van der Waals surface area contributed by atoms with Crippen LogP contribution in [0.1, 0.15) is 32.8 Å². The van der Waals surface area contributed by atoms with Gasteiger partial charge >= 0.3 is 6.18 Å². The molecule has 0 spiro atoms. The van der Waals surface area contributed by atoms with E-state index in [1.54, 1.807) is 0 Å². The van der Waals surface area contributed by atoms with Gasteiger partial charge < -0.3 is 10.6 Å². The predicted octanol–water partition coefficient (Wildman–Crippen LogP) is 4.08. The number of nitrogens with one attached hydrogen (secondary N) is 2. The Kier molecular flexibility index (Phi) is 5.50. The van der Waals surface area contributed by atoms with Crippen LogP contribution < -0.4 is 10.6 Å². The van der Waals surface area contributed by atoms with Crippen LogP contribution in [0.15, 0.2) is 18.2 Å². The summed E-state index contributed by atoms with van der Waals surface area (Å²) in [5.74, 6) is -0.394. The highest BCUT2D eigenvalue weighted by molar-refractivity contribution is 6.33. The van der Waals surface area contributed by atoms with Crippen molar-refractivity contribution in [2.75, 3.05) is 11.9 Å². The number of hydrogen-bond acceptors (Lipinski definition) is 2. The van der Waals surface area contributed by atoms with E-state index in [1.165, 1.54) is 12.1 Å². The summed E-state index contributed by atoms with van der Waals surface area (Å²) in [6.07, 6.45) is -3.83. The van der Waals surface area contributed by atoms with Crippen molar-refractivity contribution in [3.05, 3.63) is 28.8 Å². The molecule has 0 heterocycles. The molecule has 7 heteroatoms. The quantitative estimate of drug-likeness (QED) is 0.857. The molecule has 0 atom stereocenters. The maximum Gasteiger partial charge on any atom is 0.418 e. The number of anilines is 1. The number of halogens is 4. The molecular formula is C14H18ClF3N2O. The monoisotopic (exact) mass is 322 g/mol. The van der Waals surface area contributed by atoms with Crippen molar-refractivity contribution in [1.29, 1.82) is 0 Å². The molecule has 0 radical (unpaired) electrons. The normalized spacial score (nSPS) is 12.1. The third-order valence-corrected chi connectivity index (χ3v) is 3.42. The fourth-order valence-electron chi connectivity index (χ4n) is 1.62. The summed E-state index contributed by atoms with van der Waals surface area (Å²) < 4.78 is 38.6. The van der Waals surface area contributed by atoms with Crippen molar-refractivity contribution in [2.45, 2.75) is 38.9 Å². The minimum absolute atomic E-state index is 0.0765. The third-order valence-electron chi connectivity index (χ3n) is 3.11. The summed E-state index contributed by atoms with van der Waals surface area (Å²) in [4.78, 5) is 11.8. The van der Waals surface area contributed by atoms with Gasteiger partial charge in [-0.3, -0.25) is 4.79 Å². The Hall–Kier alpha value is -1.43. The summed E-state index contributed by atoms with van der Waals surface area (Å²) in [6, 6.07) is 3.48. The van der Waals surface area contributed by atoms with E-state index in [0.29, 0.717) is 6.42 Å². The summed E-state index contributed by atoms with van der Waals surface area (Å²) >= 11 is 5.79. The van der Waals surface area contributed by atoms with Crippen LogP contribution in [-0.2, 0) is 11.0 Å². The van der Waals surface area contributed by atoms with Crippen LogP contribution in [0.2, 0.25) is 5.02 Å². The molecule has 1 aromatic carbocycles. The van der Waals surface area contributed by atoms with E-state index in [-0.39, 0.29) is 17.3 Å². The zero-order valence-electron chi connectivity index (χ0n) is 12.1. The van der Waals surface area contributed by atoms with Gasteiger partial charge in [-0.1, -0.05) is 24.6 Å². The van der Waals surface area contributed by atoms with Crippen molar-refractivity contribution in [2.24, 2.45) is 0 Å². The standard InChI is InChI=1S/C14H18ClF3N2O/c1-4-13(2,3)20-11(21)8-19-12-9(14(16,17)18)6-5-7-10(12)15/h5-7,19H,4,8H2,1-3H3,(H,20,21). The number of alkyl halides is 3. The second-order valence-electron chi connectivity index (χ2n) is 5.30. The minimum atomic E-state index is -4.54. The van der Waals surface area contributed by atoms with Crippen molar-refractivity contribution in [3.63, 3.8) is 0 Å². The fraction of sp³-hybridized carbons (Fsp3) is 0.500. The highest BCUT2D eigenvalue weighted by Gasteiger charge is 2.34. The molecule has 118 valence electrons. The Balaban J connectivity index is 2.83. The topological polar surface area (TPSA) is 41.1 Å². The van der Waals surface area contributed by atoms with E-state index >= 15 is 0 Å². The van der Waals surface area contributed by atoms with Gasteiger partial charge in [0.1, 0.15) is 0 Å². The Bertz CT molecular complexity index is 515. The van der Waals surface area contributed by atoms with E-state index < -0.39 is 23.2 Å². The molecule has 3 nitrogen and oxygen atoms in total. The van der Waals surface area contributed by atoms with E-state index in [2.05, 4.69) is 10.6 Å². The largest absolute Gasteiger partial charge is 0.418 e. The Morgan fingerprint density at radius 3 is 2.43 bits per heavy atom. The molecule has 1 rings (SSSR count). The minimum Gasteiger partial charge on any atom is -0.374 e. The lowest BCUT2D eigenvalue weighted by molar-refractivity contribution is -0.137. The first-order valence-electron chi connectivity index (χ1n) is 6.47. The van der Waals surface area contributed by atoms with Crippen molar-refractivity contribution in [1.82, 2.24) is 5.32 Å². The fourth-order valence-corrected chi connectivity index (χ4v) is 1.86. The summed E-state index contributed by atoms with van der Waals surface area (Å²) in [7, 11) is 0. The van der Waals surface area contributed by atoms with Gasteiger partial charge in [0.25, 0.3) is 0 Å². The average molecular weight is 323 g/mol. The smallest absolute Gasteiger partial charge is 0.374 e. The number of carbonyl (C=O) groups excluding carboxylic acids is 1. The predicted molar refractivity (Wildman–Crippen MR) is 77.5 cm³/mol. The lowest BCUT2D eigenvalue weighted by Gasteiger charge is -2.25. The van der Waals surface area contributed by atoms with Crippen LogP contribution in [0, 0.1) is 0 Å². The van der Waals surface area contributed by atoms with Crippen molar-refractivity contribution >= 4 is 23.2 Å². The Morgan fingerprint density at radius 2 is 1.90 bits per heavy atom. The zero-order chi connectivity index (χ0) is 16.3. The van der Waals surface area contributed by atoms with E-state index in [9.17, 15) is 18.0 Å². The highest BCUT2D eigenvalue weighted by atomic mass is 35.5. The van der Waals surface area contributed by atoms with Crippen LogP contribution in [0.5, 0.6) is 0 Å². The van der Waals surface area contributed by atoms with E-state index in [0.717, 1.165) is 6.07 Å². The van der Waals surface area contributed by atoms with E-state index in [4.69, 9.17) is 11.6 Å². The lowest BCUT2D eigenvalue weighted by Crippen LogP contribution is -2.45. The summed E-state index contributed by atoms with van der Waals surface area (Å²) in [5, 5.41) is 5.12. The summed E-state index contributed by atoms with van der Waals surface area (Å²) in [5.41, 5.74) is -1.58. The van der Waals surface area contributed by atoms with E-state index in [1.807, 2.05) is 20.8 Å². The third kappa shape index (κ3) is 5.12. The molecule has 1 amide bonds. The maximum atomic E-state index is 12.9. The first-order valence-corrected chi connectivity index (χ1v) is 6.85. The van der Waals surface area contributed by atoms with Crippen LogP contribution in [0.3, 0.4) is 0 Å². The number of carbonyl (C=O) groups is 1. The van der Waals surface area contributed by atoms with Crippen molar-refractivity contribution < 1.29 is 18.0 Å². The zero-order valence-corrected chi connectivity index (χ0v) is 12.8. The second-order valence-corrected chi connectivity index (χ2v) is 5.71. The molecule has 0 aliphatic rings. The van der Waals surface area contributed by atoms with Crippen LogP contribution in [0.4, 0.5) is 18.9 Å². The average Bonchev–Trinajstić information content (AvgIpc) is 2.35. The molecule has 2 N–H and O–H groups in total. The number of hydrogen-bond donors (Lipinski definition) is 2. The Labute approximate surface area is 126 Å². The summed E-state index contributed by atoms with van der Waals surface area (Å²) in [6.45, 7) is 5.29. The van der Waals surface area contributed by atoms with Crippen LogP contribution >= 0.6 is 11.6 Å². The van der Waals surface area contributed by atoms with Gasteiger partial charge in [-0.2, -0.15) is 13.2 Å². The van der Waals surface area contributed by atoms with Gasteiger partial charge in [-0.25, -0.2) is 0 Å². The van der Waals surface area contributed by atoms with Gasteiger partial charge in [-0.05, 0) is 32.4 Å². The first-order chi connectivity index (χ1) is 9.57. The maximum absolute atomic E-state index is 12.9. The van der Waals surface area contributed by atoms with Gasteiger partial charge in [0.05, 0.1) is 22.8 Å². The Morgan fingerprint density at radius 1 is 1.29 bits per heavy atom. The van der Waals surface area contributed by atoms with Crippen LogP contribution in [-0.4, -0.2) is 18.0 Å². The number of rotatable bonds is 5. The molecule has 1 aromatic rings. The van der Waals surface area contributed by atoms with Gasteiger partial charge in [0, 0.05) is 5.54 Å². The molecule has 0 saturated heterocycles. The van der Waals surface area contributed by atoms with Gasteiger partial charge in [0.2, 0.25) is 5.91 Å². The number of para-hydroxylation sites is 1. The molecule has 0 aliphatic heterocycles. The molecule has 0 saturated carbocycles. The number of benzene rings is 1. The van der Waals surface area contributed by atoms with Crippen molar-refractivity contribution in [3.8, 4) is 0 Å². The highest BCUT2D eigenvalue weighted by Crippen LogP contribution is 2.38.